The molecule has 3 aromatic carbocycles. The van der Waals surface area contributed by atoms with Crippen LogP contribution in [0.5, 0.6) is 5.88 Å². The maximum Gasteiger partial charge on any atom is 0.277 e. The quantitative estimate of drug-likeness (QED) is 0.249. The van der Waals surface area contributed by atoms with Gasteiger partial charge in [-0.05, 0) is 59.9 Å². The lowest BCUT2D eigenvalue weighted by Crippen LogP contribution is -2.33. The Morgan fingerprint density at radius 3 is 2.36 bits per heavy atom. The van der Waals surface area contributed by atoms with Crippen LogP contribution in [0.4, 0.5) is 4.39 Å². The zero-order valence-electron chi connectivity index (χ0n) is 24.9. The number of rotatable bonds is 10. The molecule has 9 nitrogen and oxygen atoms in total. The first-order valence-electron chi connectivity index (χ1n) is 14.2. The summed E-state index contributed by atoms with van der Waals surface area (Å²) in [5.41, 5.74) is 0.832. The van der Waals surface area contributed by atoms with Gasteiger partial charge in [-0.25, -0.2) is 12.8 Å². The molecule has 1 heterocycles. The highest BCUT2D eigenvalue weighted by atomic mass is 32.2. The number of sulfone groups is 1. The lowest BCUT2D eigenvalue weighted by Gasteiger charge is -2.23. The van der Waals surface area contributed by atoms with Crippen LogP contribution < -0.4 is 5.56 Å². The van der Waals surface area contributed by atoms with Crippen LogP contribution in [0.3, 0.4) is 0 Å². The Morgan fingerprint density at radius 2 is 1.77 bits per heavy atom. The van der Waals surface area contributed by atoms with E-state index in [-0.39, 0.29) is 35.0 Å². The van der Waals surface area contributed by atoms with Crippen LogP contribution in [-0.4, -0.2) is 48.0 Å². The highest BCUT2D eigenvalue weighted by molar-refractivity contribution is 7.91. The second-order valence-corrected chi connectivity index (χ2v) is 12.4. The van der Waals surface area contributed by atoms with Gasteiger partial charge in [0.2, 0.25) is 15.7 Å². The van der Waals surface area contributed by atoms with E-state index in [0.29, 0.717) is 28.7 Å². The van der Waals surface area contributed by atoms with Crippen molar-refractivity contribution in [3.63, 3.8) is 0 Å². The maximum absolute atomic E-state index is 14.6. The molecule has 11 heteroatoms. The van der Waals surface area contributed by atoms with Gasteiger partial charge in [-0.15, -0.1) is 0 Å². The molecule has 0 bridgehead atoms. The van der Waals surface area contributed by atoms with Crippen molar-refractivity contribution in [2.24, 2.45) is 0 Å². The third kappa shape index (κ3) is 6.12. The first-order valence-corrected chi connectivity index (χ1v) is 15.6. The summed E-state index contributed by atoms with van der Waals surface area (Å²) >= 11 is 0. The number of carbonyl (C=O) groups is 1. The van der Waals surface area contributed by atoms with Gasteiger partial charge in [0.1, 0.15) is 17.7 Å². The molecule has 4 aromatic rings. The number of nitriles is 1. The number of nitrogens with zero attached hydrogens (tertiary/aromatic N) is 4. The Labute approximate surface area is 255 Å². The summed E-state index contributed by atoms with van der Waals surface area (Å²) in [6, 6.07) is 17.5. The maximum atomic E-state index is 14.6. The molecule has 44 heavy (non-hydrogen) atoms. The van der Waals surface area contributed by atoms with Crippen molar-refractivity contribution in [3.8, 4) is 23.1 Å². The van der Waals surface area contributed by atoms with Gasteiger partial charge >= 0.3 is 0 Å². The van der Waals surface area contributed by atoms with Gasteiger partial charge in [-0.1, -0.05) is 56.7 Å². The van der Waals surface area contributed by atoms with E-state index in [4.69, 9.17) is 5.26 Å². The molecule has 228 valence electrons. The fourth-order valence-electron chi connectivity index (χ4n) is 5.11. The molecule has 1 amide bonds. The highest BCUT2D eigenvalue weighted by Gasteiger charge is 2.32. The summed E-state index contributed by atoms with van der Waals surface area (Å²) in [7, 11) is -1.31. The topological polar surface area (TPSA) is 133 Å². The summed E-state index contributed by atoms with van der Waals surface area (Å²) < 4.78 is 43.6. The number of aromatic nitrogens is 2. The molecule has 0 saturated heterocycles. The fourth-order valence-corrected chi connectivity index (χ4v) is 6.45. The van der Waals surface area contributed by atoms with Gasteiger partial charge in [-0.3, -0.25) is 14.2 Å². The normalized spacial score (nSPS) is 12.0. The highest BCUT2D eigenvalue weighted by Crippen LogP contribution is 2.31. The van der Waals surface area contributed by atoms with Gasteiger partial charge in [-0.2, -0.15) is 10.2 Å². The van der Waals surface area contributed by atoms with E-state index in [2.05, 4.69) is 4.98 Å². The number of hydrogen-bond donors (Lipinski definition) is 1. The number of amides is 1. The smallest absolute Gasteiger partial charge is 0.277 e. The molecule has 0 spiro atoms. The van der Waals surface area contributed by atoms with Crippen LogP contribution in [0.2, 0.25) is 0 Å². The molecule has 0 radical (unpaired) electrons. The summed E-state index contributed by atoms with van der Waals surface area (Å²) in [4.78, 5) is 31.2. The zero-order valence-corrected chi connectivity index (χ0v) is 25.7. The summed E-state index contributed by atoms with van der Waals surface area (Å²) in [5.74, 6) is -1.73. The molecule has 0 aliphatic rings. The van der Waals surface area contributed by atoms with Crippen molar-refractivity contribution >= 4 is 15.7 Å². The Balaban J connectivity index is 1.86. The third-order valence-corrected chi connectivity index (χ3v) is 9.18. The van der Waals surface area contributed by atoms with Crippen molar-refractivity contribution in [2.75, 3.05) is 14.1 Å². The number of aryl methyl sites for hydroxylation is 1. The molecule has 0 fully saturated rings. The van der Waals surface area contributed by atoms with Crippen LogP contribution in [0.25, 0.3) is 11.1 Å². The number of unbranched alkanes of at least 4 members (excludes halogenated alkanes) is 1. The van der Waals surface area contributed by atoms with Gasteiger partial charge < -0.3 is 10.0 Å². The van der Waals surface area contributed by atoms with Crippen LogP contribution in [0, 0.1) is 17.1 Å². The van der Waals surface area contributed by atoms with Crippen molar-refractivity contribution in [3.05, 3.63) is 105 Å². The SMILES string of the molecule is CCCCc1nc(O)c(S(=O)(=O)c2ccc(-c3ccccc3C(=O)N(C)C)cc2)c(=O)n1[C@@H](CC)c1ccc(C#N)c(F)c1. The van der Waals surface area contributed by atoms with Crippen molar-refractivity contribution in [1.29, 1.82) is 5.26 Å². The number of hydrogen-bond acceptors (Lipinski definition) is 7. The Hall–Kier alpha value is -4.82. The van der Waals surface area contributed by atoms with Crippen LogP contribution in [-0.2, 0) is 16.3 Å². The summed E-state index contributed by atoms with van der Waals surface area (Å²) in [6.45, 7) is 3.70. The lowest BCUT2D eigenvalue weighted by molar-refractivity contribution is 0.0828. The second-order valence-electron chi connectivity index (χ2n) is 10.5. The van der Waals surface area contributed by atoms with Crippen LogP contribution >= 0.6 is 0 Å². The zero-order chi connectivity index (χ0) is 32.2. The number of carbonyl (C=O) groups excluding carboxylic acids is 1. The molecule has 4 rings (SSSR count). The van der Waals surface area contributed by atoms with Crippen molar-refractivity contribution in [1.82, 2.24) is 14.5 Å². The van der Waals surface area contributed by atoms with Gasteiger partial charge in [0.25, 0.3) is 11.5 Å². The summed E-state index contributed by atoms with van der Waals surface area (Å²) in [6.07, 6.45) is 1.90. The Bertz CT molecular complexity index is 1910. The molecular formula is C33H33FN4O5S. The average Bonchev–Trinajstić information content (AvgIpc) is 3.01. The molecule has 1 N–H and O–H groups in total. The average molecular weight is 617 g/mol. The first kappa shape index (κ1) is 32.1. The Kier molecular flexibility index (Phi) is 9.65. The Morgan fingerprint density at radius 1 is 1.09 bits per heavy atom. The van der Waals surface area contributed by atoms with Crippen LogP contribution in [0.15, 0.2) is 81.3 Å². The summed E-state index contributed by atoms with van der Waals surface area (Å²) in [5, 5.41) is 20.0. The largest absolute Gasteiger partial charge is 0.492 e. The monoisotopic (exact) mass is 616 g/mol. The van der Waals surface area contributed by atoms with E-state index in [1.54, 1.807) is 51.4 Å². The number of aromatic hydroxyl groups is 1. The molecule has 0 saturated carbocycles. The van der Waals surface area contributed by atoms with Crippen molar-refractivity contribution < 1.29 is 22.7 Å². The van der Waals surface area contributed by atoms with Crippen LogP contribution in [0.1, 0.15) is 66.5 Å². The fraction of sp³-hybridized carbons (Fsp3) is 0.273. The van der Waals surface area contributed by atoms with E-state index < -0.39 is 38.0 Å². The van der Waals surface area contributed by atoms with Gasteiger partial charge in [0, 0.05) is 26.1 Å². The van der Waals surface area contributed by atoms with E-state index in [0.717, 1.165) is 12.5 Å². The predicted molar refractivity (Wildman–Crippen MR) is 164 cm³/mol. The van der Waals surface area contributed by atoms with Crippen molar-refractivity contribution in [2.45, 2.75) is 55.4 Å². The minimum absolute atomic E-state index is 0.161. The predicted octanol–water partition coefficient (Wildman–Crippen LogP) is 5.50. The van der Waals surface area contributed by atoms with Gasteiger partial charge in [0.15, 0.2) is 4.90 Å². The third-order valence-electron chi connectivity index (χ3n) is 7.39. The lowest BCUT2D eigenvalue weighted by atomic mass is 9.99. The molecule has 0 aliphatic carbocycles. The molecule has 1 atom stereocenters. The molecule has 1 aromatic heterocycles. The molecule has 0 unspecified atom stereocenters. The molecular weight excluding hydrogens is 583 g/mol. The minimum atomic E-state index is -4.58. The van der Waals surface area contributed by atoms with E-state index in [9.17, 15) is 27.5 Å². The number of halogens is 1. The minimum Gasteiger partial charge on any atom is -0.492 e. The number of benzene rings is 3. The first-order chi connectivity index (χ1) is 21.0. The molecule has 0 aliphatic heterocycles. The second kappa shape index (κ2) is 13.2. The van der Waals surface area contributed by atoms with E-state index in [1.807, 2.05) is 6.92 Å². The van der Waals surface area contributed by atoms with E-state index in [1.165, 1.54) is 45.9 Å². The van der Waals surface area contributed by atoms with E-state index >= 15 is 0 Å². The standard InChI is InChI=1S/C33H33FN4O5S/c1-5-7-12-29-36-31(39)30(33(41)38(29)28(6-2)22-13-14-23(20-35)27(34)19-22)44(42,43)24-17-15-21(16-18-24)25-10-8-9-11-26(25)32(40)37(3)4/h8-11,13-19,28,39H,5-7,12H2,1-4H3/t28-/m0/s1. The van der Waals surface area contributed by atoms with Gasteiger partial charge in [0.05, 0.1) is 16.5 Å².